The van der Waals surface area contributed by atoms with Crippen molar-refractivity contribution < 1.29 is 4.11 Å². The van der Waals surface area contributed by atoms with Crippen LogP contribution in [0.15, 0.2) is 17.4 Å². The first-order valence-corrected chi connectivity index (χ1v) is 19.8. The van der Waals surface area contributed by atoms with E-state index in [-0.39, 0.29) is 21.5 Å². The first-order valence-electron chi connectivity index (χ1n) is 11.0. The fraction of sp³-hybridized carbons (Fsp3) is 0.864. The zero-order chi connectivity index (χ0) is 23.6. The molecule has 0 aromatic carbocycles. The number of nitrogens with zero attached hydrogens (tertiary/aromatic N) is 3. The van der Waals surface area contributed by atoms with Crippen molar-refractivity contribution in [2.24, 2.45) is 15.9 Å². The largest absolute Gasteiger partial charge is 0.450 e. The molecule has 0 spiro atoms. The second-order valence-corrected chi connectivity index (χ2v) is 27.7. The van der Waals surface area contributed by atoms with Crippen molar-refractivity contribution in [2.45, 2.75) is 112 Å². The van der Waals surface area contributed by atoms with E-state index >= 15 is 4.11 Å². The van der Waals surface area contributed by atoms with Crippen LogP contribution >= 0.6 is 0 Å². The molecule has 170 valence electrons. The molecule has 1 heterocycles. The smallest absolute Gasteiger partial charge is 0.298 e. The molecular weight excluding hydrogens is 410 g/mol. The van der Waals surface area contributed by atoms with E-state index in [4.69, 9.17) is 5.10 Å². The van der Waals surface area contributed by atoms with Crippen LogP contribution in [0.1, 0.15) is 62.3 Å². The highest BCUT2D eigenvalue weighted by Crippen LogP contribution is 2.53. The molecule has 0 N–H and O–H groups in total. The predicted octanol–water partition coefficient (Wildman–Crippen LogP) is 7.36. The Morgan fingerprint density at radius 3 is 1.62 bits per heavy atom. The van der Waals surface area contributed by atoms with Gasteiger partial charge in [-0.05, 0) is 20.8 Å². The third kappa shape index (κ3) is 5.15. The molecule has 0 radical (unpaired) electrons. The topological polar surface area (TPSA) is 18.8 Å². The molecule has 0 aliphatic carbocycles. The zero-order valence-electron chi connectivity index (χ0n) is 22.0. The van der Waals surface area contributed by atoms with E-state index in [1.54, 1.807) is 0 Å². The molecule has 2 unspecified atom stereocenters. The van der Waals surface area contributed by atoms with Crippen molar-refractivity contribution in [1.82, 2.24) is 8.91 Å². The number of hydrazone groups is 1. The molecule has 0 aromatic rings. The molecule has 2 atom stereocenters. The second-order valence-electron chi connectivity index (χ2n) is 13.9. The van der Waals surface area contributed by atoms with Gasteiger partial charge in [-0.3, -0.25) is 13.0 Å². The third-order valence-electron chi connectivity index (χ3n) is 5.56. The summed E-state index contributed by atoms with van der Waals surface area (Å²) in [5, 5.41) is 5.03. The molecule has 3 nitrogen and oxygen atoms in total. The van der Waals surface area contributed by atoms with Crippen LogP contribution in [0.4, 0.5) is 4.11 Å². The first-order chi connectivity index (χ1) is 12.4. The lowest BCUT2D eigenvalue weighted by atomic mass is 9.91. The lowest BCUT2D eigenvalue weighted by Crippen LogP contribution is -2.76. The van der Waals surface area contributed by atoms with Crippen LogP contribution in [0.3, 0.4) is 0 Å². The van der Waals surface area contributed by atoms with E-state index in [1.165, 1.54) is 0 Å². The summed E-state index contributed by atoms with van der Waals surface area (Å²) in [5.74, 6) is 0. The molecule has 0 fully saturated rings. The van der Waals surface area contributed by atoms with Crippen molar-refractivity contribution >= 4 is 30.8 Å². The van der Waals surface area contributed by atoms with E-state index < -0.39 is 25.0 Å². The number of rotatable bonds is 4. The summed E-state index contributed by atoms with van der Waals surface area (Å²) in [6.07, 6.45) is 0. The van der Waals surface area contributed by atoms with Crippen LogP contribution in [0.5, 0.6) is 0 Å². The lowest BCUT2D eigenvalue weighted by molar-refractivity contribution is 0.262. The summed E-state index contributed by atoms with van der Waals surface area (Å²) in [6, 6.07) is 0. The second kappa shape index (κ2) is 7.41. The van der Waals surface area contributed by atoms with Crippen LogP contribution in [0, 0.1) is 10.8 Å². The highest BCUT2D eigenvalue weighted by atomic mass is 28.5. The molecule has 0 saturated heterocycles. The Balaban J connectivity index is 4.03. The van der Waals surface area contributed by atoms with Crippen LogP contribution in [-0.2, 0) is 0 Å². The summed E-state index contributed by atoms with van der Waals surface area (Å²) in [5.41, 5.74) is 1.16. The molecule has 0 bridgehead atoms. The standard InChI is InChI=1S/C22H48FN3Si3/c1-17(20(2,3)4)25-24-18(21(5,6)7)19(27(11,12)13)29(25,23)26(22(8,9)10)28(14,15)16/h19H,1H2,2-16H3. The van der Waals surface area contributed by atoms with Gasteiger partial charge in [0.15, 0.2) is 0 Å². The van der Waals surface area contributed by atoms with Gasteiger partial charge in [-0.2, -0.15) is 5.10 Å². The highest BCUT2D eigenvalue weighted by molar-refractivity contribution is 7.02. The lowest BCUT2D eigenvalue weighted by Gasteiger charge is -2.56. The Hall–Kier alpha value is -0.249. The number of halogens is 1. The molecule has 0 aromatic heterocycles. The first kappa shape index (κ1) is 26.8. The van der Waals surface area contributed by atoms with Gasteiger partial charge >= 0.3 is 8.73 Å². The minimum atomic E-state index is -3.74. The molecule has 1 aliphatic rings. The SMILES string of the molecule is C=C(N1N=C(C(C)(C)C)C([Si](C)(C)C)[Si]1(F)N(C(C)(C)C)[Si](C)(C)C)C(C)(C)C. The Bertz CT molecular complexity index is 656. The van der Waals surface area contributed by atoms with Gasteiger partial charge < -0.3 is 0 Å². The van der Waals surface area contributed by atoms with Gasteiger partial charge in [0.25, 0.3) is 0 Å². The summed E-state index contributed by atoms with van der Waals surface area (Å²) in [6.45, 7) is 37.6. The normalized spacial score (nSPS) is 24.9. The van der Waals surface area contributed by atoms with Crippen LogP contribution in [0.25, 0.3) is 0 Å². The molecule has 0 amide bonds. The summed E-state index contributed by atoms with van der Waals surface area (Å²) in [7, 11) is -7.71. The van der Waals surface area contributed by atoms with Crippen molar-refractivity contribution in [1.29, 1.82) is 0 Å². The van der Waals surface area contributed by atoms with Gasteiger partial charge in [-0.1, -0.05) is 87.4 Å². The van der Waals surface area contributed by atoms with Crippen molar-refractivity contribution in [3.8, 4) is 0 Å². The maximum atomic E-state index is 18.2. The number of hydrogen-bond donors (Lipinski definition) is 0. The van der Waals surface area contributed by atoms with E-state index in [2.05, 4.69) is 112 Å². The molecule has 7 heteroatoms. The molecule has 1 aliphatic heterocycles. The summed E-state index contributed by atoms with van der Waals surface area (Å²) < 4.78 is 22.4. The Morgan fingerprint density at radius 1 is 0.966 bits per heavy atom. The van der Waals surface area contributed by atoms with Crippen molar-refractivity contribution in [3.05, 3.63) is 12.3 Å². The van der Waals surface area contributed by atoms with Gasteiger partial charge in [0.2, 0.25) is 0 Å². The van der Waals surface area contributed by atoms with Crippen LogP contribution in [0.2, 0.25) is 44.4 Å². The quantitative estimate of drug-likeness (QED) is 0.324. The number of hydrogen-bond acceptors (Lipinski definition) is 3. The van der Waals surface area contributed by atoms with E-state index in [1.807, 2.05) is 4.67 Å². The van der Waals surface area contributed by atoms with Crippen molar-refractivity contribution in [3.63, 3.8) is 0 Å². The summed E-state index contributed by atoms with van der Waals surface area (Å²) >= 11 is 0. The fourth-order valence-corrected chi connectivity index (χ4v) is 21.6. The van der Waals surface area contributed by atoms with E-state index in [9.17, 15) is 0 Å². The average molecular weight is 458 g/mol. The Morgan fingerprint density at radius 2 is 1.38 bits per heavy atom. The molecule has 1 rings (SSSR count). The number of allylic oxidation sites excluding steroid dienone is 1. The summed E-state index contributed by atoms with van der Waals surface area (Å²) in [4.78, 5) is 0. The minimum absolute atomic E-state index is 0.0972. The predicted molar refractivity (Wildman–Crippen MR) is 136 cm³/mol. The van der Waals surface area contributed by atoms with Crippen molar-refractivity contribution in [2.75, 3.05) is 0 Å². The molecule has 29 heavy (non-hydrogen) atoms. The zero-order valence-corrected chi connectivity index (χ0v) is 25.0. The van der Waals surface area contributed by atoms with E-state index in [0.717, 1.165) is 11.4 Å². The molecular formula is C22H48FN3Si3. The van der Waals surface area contributed by atoms with Crippen LogP contribution in [-0.4, -0.2) is 45.2 Å². The third-order valence-corrected chi connectivity index (χ3v) is 19.5. The van der Waals surface area contributed by atoms with Gasteiger partial charge in [-0.25, -0.2) is 0 Å². The average Bonchev–Trinajstić information content (AvgIpc) is 2.65. The van der Waals surface area contributed by atoms with Gasteiger partial charge in [0.1, 0.15) is 8.24 Å². The fourth-order valence-electron chi connectivity index (χ4n) is 4.81. The Labute approximate surface area is 184 Å². The monoisotopic (exact) mass is 457 g/mol. The van der Waals surface area contributed by atoms with Gasteiger partial charge in [-0.15, -0.1) is 0 Å². The van der Waals surface area contributed by atoms with Crippen LogP contribution < -0.4 is 0 Å². The maximum absolute atomic E-state index is 18.2. The minimum Gasteiger partial charge on any atom is -0.298 e. The molecule has 0 saturated carbocycles. The van der Waals surface area contributed by atoms with Gasteiger partial charge in [0.05, 0.1) is 13.2 Å². The Kier molecular flexibility index (Phi) is 6.85. The maximum Gasteiger partial charge on any atom is 0.450 e. The van der Waals surface area contributed by atoms with E-state index in [0.29, 0.717) is 0 Å². The van der Waals surface area contributed by atoms with Gasteiger partial charge in [0, 0.05) is 27.8 Å². The highest BCUT2D eigenvalue weighted by Gasteiger charge is 2.70.